The van der Waals surface area contributed by atoms with Gasteiger partial charge >= 0.3 is 0 Å². The van der Waals surface area contributed by atoms with E-state index in [1.807, 2.05) is 6.07 Å². The van der Waals surface area contributed by atoms with Gasteiger partial charge in [-0.3, -0.25) is 4.68 Å². The lowest BCUT2D eigenvalue weighted by atomic mass is 10.3. The minimum absolute atomic E-state index is 0.0174. The van der Waals surface area contributed by atoms with Crippen molar-refractivity contribution in [2.45, 2.75) is 11.3 Å². The predicted molar refractivity (Wildman–Crippen MR) is 71.8 cm³/mol. The molecule has 0 N–H and O–H groups in total. The third-order valence-electron chi connectivity index (χ3n) is 2.72. The van der Waals surface area contributed by atoms with Crippen LogP contribution in [-0.2, 0) is 22.5 Å². The molecule has 1 aromatic heterocycles. The summed E-state index contributed by atoms with van der Waals surface area (Å²) in [6.45, 7) is 0.253. The van der Waals surface area contributed by atoms with Gasteiger partial charge in [0.25, 0.3) is 9.05 Å². The maximum atomic E-state index is 13.7. The van der Waals surface area contributed by atoms with E-state index in [2.05, 4.69) is 5.10 Å². The molecule has 1 heterocycles. The molecule has 20 heavy (non-hydrogen) atoms. The Bertz CT molecular complexity index is 715. The lowest BCUT2D eigenvalue weighted by Crippen LogP contribution is -2.07. The molecule has 0 unspecified atom stereocenters. The van der Waals surface area contributed by atoms with Gasteiger partial charge < -0.3 is 4.74 Å². The van der Waals surface area contributed by atoms with Crippen LogP contribution in [0.15, 0.2) is 35.4 Å². The summed E-state index contributed by atoms with van der Waals surface area (Å²) in [6.07, 6.45) is 2.22. The third-order valence-corrected chi connectivity index (χ3v) is 4.07. The second-order valence-electron chi connectivity index (χ2n) is 4.07. The fourth-order valence-corrected chi connectivity index (χ4v) is 2.43. The molecule has 0 aliphatic heterocycles. The van der Waals surface area contributed by atoms with Crippen molar-refractivity contribution < 1.29 is 17.5 Å². The molecule has 0 saturated heterocycles. The Hall–Kier alpha value is -1.60. The van der Waals surface area contributed by atoms with E-state index in [9.17, 15) is 12.8 Å². The van der Waals surface area contributed by atoms with Crippen LogP contribution in [0, 0.1) is 5.82 Å². The summed E-state index contributed by atoms with van der Waals surface area (Å²) in [7, 11) is 2.99. The molecule has 0 atom stereocenters. The van der Waals surface area contributed by atoms with Gasteiger partial charge in [-0.05, 0) is 24.3 Å². The Morgan fingerprint density at radius 3 is 2.70 bits per heavy atom. The van der Waals surface area contributed by atoms with E-state index in [-0.39, 0.29) is 17.3 Å². The van der Waals surface area contributed by atoms with Crippen molar-refractivity contribution in [2.24, 2.45) is 7.05 Å². The molecule has 0 radical (unpaired) electrons. The molecule has 0 spiro atoms. The maximum Gasteiger partial charge on any atom is 0.261 e. The van der Waals surface area contributed by atoms with Crippen LogP contribution in [0.1, 0.15) is 5.69 Å². The third kappa shape index (κ3) is 3.49. The average molecular weight is 319 g/mol. The van der Waals surface area contributed by atoms with Crippen LogP contribution in [0.2, 0.25) is 0 Å². The molecular formula is C12H12ClFN2O3S. The highest BCUT2D eigenvalue weighted by molar-refractivity contribution is 8.13. The van der Waals surface area contributed by atoms with Crippen molar-refractivity contribution >= 4 is 19.7 Å². The summed E-state index contributed by atoms with van der Waals surface area (Å²) < 4.78 is 42.7. The standard InChI is InChI=1S/C12H12ClFN2O3S/c1-16-9(4-6-15-16)5-7-19-12-3-2-10(8-11(12)14)20(13,17)18/h2-4,6,8H,5,7H2,1H3. The van der Waals surface area contributed by atoms with Gasteiger partial charge in [0.05, 0.1) is 11.5 Å². The lowest BCUT2D eigenvalue weighted by molar-refractivity contribution is 0.302. The number of aromatic nitrogens is 2. The zero-order valence-electron chi connectivity index (χ0n) is 10.6. The molecular weight excluding hydrogens is 307 g/mol. The van der Waals surface area contributed by atoms with Crippen molar-refractivity contribution in [1.82, 2.24) is 9.78 Å². The van der Waals surface area contributed by atoms with Crippen molar-refractivity contribution in [2.75, 3.05) is 6.61 Å². The molecule has 108 valence electrons. The second kappa shape index (κ2) is 5.80. The van der Waals surface area contributed by atoms with E-state index in [1.165, 1.54) is 12.1 Å². The normalized spacial score (nSPS) is 11.6. The summed E-state index contributed by atoms with van der Waals surface area (Å²) in [5, 5.41) is 4.00. The first kappa shape index (κ1) is 14.8. The quantitative estimate of drug-likeness (QED) is 0.792. The molecule has 1 aromatic carbocycles. The zero-order valence-corrected chi connectivity index (χ0v) is 12.2. The van der Waals surface area contributed by atoms with E-state index < -0.39 is 14.9 Å². The molecule has 0 amide bonds. The molecule has 0 saturated carbocycles. The Kier molecular flexibility index (Phi) is 4.29. The number of rotatable bonds is 5. The fraction of sp³-hybridized carbons (Fsp3) is 0.250. The SMILES string of the molecule is Cn1nccc1CCOc1ccc(S(=O)(=O)Cl)cc1F. The Morgan fingerprint density at radius 2 is 2.15 bits per heavy atom. The molecule has 0 aliphatic rings. The average Bonchev–Trinajstić information content (AvgIpc) is 2.76. The summed E-state index contributed by atoms with van der Waals surface area (Å²) in [6, 6.07) is 5.11. The summed E-state index contributed by atoms with van der Waals surface area (Å²) in [5.41, 5.74) is 0.949. The van der Waals surface area contributed by atoms with Crippen LogP contribution in [0.4, 0.5) is 4.39 Å². The minimum atomic E-state index is -3.94. The summed E-state index contributed by atoms with van der Waals surface area (Å²) in [4.78, 5) is -0.296. The van der Waals surface area contributed by atoms with Crippen LogP contribution < -0.4 is 4.74 Å². The van der Waals surface area contributed by atoms with Crippen LogP contribution in [-0.4, -0.2) is 24.8 Å². The highest BCUT2D eigenvalue weighted by Crippen LogP contribution is 2.23. The Labute approximate surface area is 120 Å². The van der Waals surface area contributed by atoms with Gasteiger partial charge in [0.1, 0.15) is 0 Å². The molecule has 8 heteroatoms. The van der Waals surface area contributed by atoms with Crippen LogP contribution >= 0.6 is 10.7 Å². The lowest BCUT2D eigenvalue weighted by Gasteiger charge is -2.08. The van der Waals surface area contributed by atoms with Crippen LogP contribution in [0.5, 0.6) is 5.75 Å². The first-order valence-electron chi connectivity index (χ1n) is 5.72. The highest BCUT2D eigenvalue weighted by Gasteiger charge is 2.13. The van der Waals surface area contributed by atoms with Crippen LogP contribution in [0.25, 0.3) is 0 Å². The van der Waals surface area contributed by atoms with Crippen molar-refractivity contribution in [3.05, 3.63) is 42.0 Å². The van der Waals surface area contributed by atoms with Gasteiger partial charge in [-0.15, -0.1) is 0 Å². The number of hydrogen-bond acceptors (Lipinski definition) is 4. The molecule has 0 aliphatic carbocycles. The smallest absolute Gasteiger partial charge is 0.261 e. The number of benzene rings is 1. The molecule has 0 bridgehead atoms. The van der Waals surface area contributed by atoms with Gasteiger partial charge in [-0.1, -0.05) is 0 Å². The molecule has 0 fully saturated rings. The zero-order chi connectivity index (χ0) is 14.8. The van der Waals surface area contributed by atoms with E-state index in [0.717, 1.165) is 11.8 Å². The largest absolute Gasteiger partial charge is 0.490 e. The van der Waals surface area contributed by atoms with Gasteiger partial charge in [-0.2, -0.15) is 5.10 Å². The van der Waals surface area contributed by atoms with Gasteiger partial charge in [0.2, 0.25) is 0 Å². The van der Waals surface area contributed by atoms with Crippen LogP contribution in [0.3, 0.4) is 0 Å². The maximum absolute atomic E-state index is 13.7. The Balaban J connectivity index is 2.02. The fourth-order valence-electron chi connectivity index (χ4n) is 1.66. The van der Waals surface area contributed by atoms with Crippen molar-refractivity contribution in [1.29, 1.82) is 0 Å². The van der Waals surface area contributed by atoms with E-state index in [4.69, 9.17) is 15.4 Å². The topological polar surface area (TPSA) is 61.2 Å². The summed E-state index contributed by atoms with van der Waals surface area (Å²) >= 11 is 0. The minimum Gasteiger partial charge on any atom is -0.490 e. The predicted octanol–water partition coefficient (Wildman–Crippen LogP) is 2.11. The Morgan fingerprint density at radius 1 is 1.40 bits per heavy atom. The van der Waals surface area contributed by atoms with Gasteiger partial charge in [-0.25, -0.2) is 12.8 Å². The monoisotopic (exact) mass is 318 g/mol. The van der Waals surface area contributed by atoms with Gasteiger partial charge in [0.15, 0.2) is 11.6 Å². The highest BCUT2D eigenvalue weighted by atomic mass is 35.7. The van der Waals surface area contributed by atoms with E-state index in [1.54, 1.807) is 17.9 Å². The van der Waals surface area contributed by atoms with E-state index >= 15 is 0 Å². The van der Waals surface area contributed by atoms with E-state index in [0.29, 0.717) is 6.42 Å². The molecule has 2 rings (SSSR count). The van der Waals surface area contributed by atoms with Gasteiger partial charge in [0, 0.05) is 36.0 Å². The number of aryl methyl sites for hydroxylation is 1. The first-order valence-corrected chi connectivity index (χ1v) is 8.03. The van der Waals surface area contributed by atoms with Crippen molar-refractivity contribution in [3.63, 3.8) is 0 Å². The number of nitrogens with zero attached hydrogens (tertiary/aromatic N) is 2. The first-order chi connectivity index (χ1) is 9.38. The second-order valence-corrected chi connectivity index (χ2v) is 6.64. The number of ether oxygens (including phenoxy) is 1. The van der Waals surface area contributed by atoms with Crippen molar-refractivity contribution in [3.8, 4) is 5.75 Å². The molecule has 5 nitrogen and oxygen atoms in total. The molecule has 2 aromatic rings. The summed E-state index contributed by atoms with van der Waals surface area (Å²) in [5.74, 6) is -0.784. The number of halogens is 2. The number of hydrogen-bond donors (Lipinski definition) is 0.